The van der Waals surface area contributed by atoms with Gasteiger partial charge in [-0.25, -0.2) is 0 Å². The van der Waals surface area contributed by atoms with Crippen molar-refractivity contribution in [2.75, 3.05) is 0 Å². The Morgan fingerprint density at radius 3 is 2.64 bits per heavy atom. The predicted molar refractivity (Wildman–Crippen MR) is 55.4 cm³/mol. The molecule has 0 aliphatic rings. The SMILES string of the molecule is CCc1cccc(C)c1SS. The molecule has 0 atom stereocenters. The van der Waals surface area contributed by atoms with Gasteiger partial charge in [0.25, 0.3) is 0 Å². The molecule has 60 valence electrons. The van der Waals surface area contributed by atoms with Crippen LogP contribution in [-0.2, 0) is 6.42 Å². The molecule has 0 aliphatic carbocycles. The van der Waals surface area contributed by atoms with Crippen molar-refractivity contribution < 1.29 is 0 Å². The largest absolute Gasteiger partial charge is 0.106 e. The average Bonchev–Trinajstić information content (AvgIpc) is 2.04. The highest BCUT2D eigenvalue weighted by atomic mass is 33.1. The van der Waals surface area contributed by atoms with E-state index in [0.29, 0.717) is 0 Å². The molecule has 0 aromatic heterocycles. The van der Waals surface area contributed by atoms with Crippen molar-refractivity contribution in [2.45, 2.75) is 25.2 Å². The minimum atomic E-state index is 1.09. The summed E-state index contributed by atoms with van der Waals surface area (Å²) in [6, 6.07) is 6.38. The number of hydrogen-bond acceptors (Lipinski definition) is 2. The van der Waals surface area contributed by atoms with Crippen molar-refractivity contribution in [3.05, 3.63) is 29.3 Å². The van der Waals surface area contributed by atoms with Crippen molar-refractivity contribution in [3.63, 3.8) is 0 Å². The summed E-state index contributed by atoms with van der Waals surface area (Å²) in [4.78, 5) is 1.32. The van der Waals surface area contributed by atoms with E-state index in [9.17, 15) is 0 Å². The second-order valence-electron chi connectivity index (χ2n) is 2.51. The molecule has 0 unspecified atom stereocenters. The topological polar surface area (TPSA) is 0 Å². The second kappa shape index (κ2) is 4.07. The Labute approximate surface area is 77.2 Å². The van der Waals surface area contributed by atoms with E-state index >= 15 is 0 Å². The van der Waals surface area contributed by atoms with Gasteiger partial charge in [-0.3, -0.25) is 0 Å². The molecule has 1 rings (SSSR count). The Kier molecular flexibility index (Phi) is 3.34. The molecule has 2 heteroatoms. The summed E-state index contributed by atoms with van der Waals surface area (Å²) in [5.41, 5.74) is 2.72. The van der Waals surface area contributed by atoms with E-state index in [0.717, 1.165) is 6.42 Å². The van der Waals surface area contributed by atoms with E-state index < -0.39 is 0 Å². The first-order chi connectivity index (χ1) is 5.29. The van der Waals surface area contributed by atoms with Gasteiger partial charge in [-0.15, -0.1) is 11.7 Å². The lowest BCUT2D eigenvalue weighted by atomic mass is 10.1. The van der Waals surface area contributed by atoms with Crippen molar-refractivity contribution in [3.8, 4) is 0 Å². The number of benzene rings is 1. The van der Waals surface area contributed by atoms with Crippen LogP contribution in [0.25, 0.3) is 0 Å². The van der Waals surface area contributed by atoms with Crippen LogP contribution in [0.2, 0.25) is 0 Å². The molecular formula is C9H12S2. The highest BCUT2D eigenvalue weighted by Crippen LogP contribution is 2.29. The van der Waals surface area contributed by atoms with Crippen LogP contribution in [0, 0.1) is 6.92 Å². The lowest BCUT2D eigenvalue weighted by Gasteiger charge is -2.06. The Hall–Kier alpha value is -0.0800. The van der Waals surface area contributed by atoms with Crippen LogP contribution in [-0.4, -0.2) is 0 Å². The highest BCUT2D eigenvalue weighted by molar-refractivity contribution is 8.68. The molecule has 0 amide bonds. The summed E-state index contributed by atoms with van der Waals surface area (Å²) in [6.07, 6.45) is 1.09. The first-order valence-corrected chi connectivity index (χ1v) is 5.56. The van der Waals surface area contributed by atoms with Crippen LogP contribution >= 0.6 is 22.5 Å². The van der Waals surface area contributed by atoms with Gasteiger partial charge in [0.05, 0.1) is 0 Å². The summed E-state index contributed by atoms with van der Waals surface area (Å²) in [7, 11) is 1.54. The van der Waals surface area contributed by atoms with E-state index in [1.165, 1.54) is 16.0 Å². The van der Waals surface area contributed by atoms with Gasteiger partial charge < -0.3 is 0 Å². The smallest absolute Gasteiger partial charge is 0.0241 e. The maximum atomic E-state index is 4.22. The van der Waals surface area contributed by atoms with Crippen LogP contribution in [0.1, 0.15) is 18.1 Å². The summed E-state index contributed by atoms with van der Waals surface area (Å²) < 4.78 is 0. The molecule has 0 nitrogen and oxygen atoms in total. The zero-order chi connectivity index (χ0) is 8.27. The summed E-state index contributed by atoms with van der Waals surface area (Å²) in [6.45, 7) is 4.29. The Morgan fingerprint density at radius 2 is 2.18 bits per heavy atom. The maximum absolute atomic E-state index is 4.22. The van der Waals surface area contributed by atoms with Gasteiger partial charge in [-0.1, -0.05) is 35.9 Å². The van der Waals surface area contributed by atoms with Crippen LogP contribution in [0.15, 0.2) is 23.1 Å². The fraction of sp³-hybridized carbons (Fsp3) is 0.333. The fourth-order valence-corrected chi connectivity index (χ4v) is 2.45. The molecule has 0 aliphatic heterocycles. The van der Waals surface area contributed by atoms with Gasteiger partial charge in [-0.05, 0) is 24.5 Å². The van der Waals surface area contributed by atoms with Crippen LogP contribution in [0.5, 0.6) is 0 Å². The third-order valence-electron chi connectivity index (χ3n) is 1.77. The third-order valence-corrected chi connectivity index (χ3v) is 3.08. The van der Waals surface area contributed by atoms with Gasteiger partial charge in [0.15, 0.2) is 0 Å². The Morgan fingerprint density at radius 1 is 1.45 bits per heavy atom. The van der Waals surface area contributed by atoms with Gasteiger partial charge in [0.1, 0.15) is 0 Å². The normalized spacial score (nSPS) is 10.1. The molecule has 0 radical (unpaired) electrons. The highest BCUT2D eigenvalue weighted by Gasteiger charge is 2.01. The third kappa shape index (κ3) is 1.94. The number of rotatable bonds is 2. The van der Waals surface area contributed by atoms with Crippen molar-refractivity contribution in [1.82, 2.24) is 0 Å². The molecular weight excluding hydrogens is 172 g/mol. The monoisotopic (exact) mass is 184 g/mol. The van der Waals surface area contributed by atoms with Gasteiger partial charge >= 0.3 is 0 Å². The van der Waals surface area contributed by atoms with E-state index in [2.05, 4.69) is 43.7 Å². The lowest BCUT2D eigenvalue weighted by Crippen LogP contribution is -1.86. The molecule has 11 heavy (non-hydrogen) atoms. The van der Waals surface area contributed by atoms with Gasteiger partial charge in [0, 0.05) is 4.90 Å². The molecule has 0 heterocycles. The Bertz CT molecular complexity index is 243. The second-order valence-corrected chi connectivity index (χ2v) is 3.65. The van der Waals surface area contributed by atoms with Gasteiger partial charge in [0.2, 0.25) is 0 Å². The molecule has 0 spiro atoms. The summed E-state index contributed by atoms with van der Waals surface area (Å²) in [5, 5.41) is 0. The lowest BCUT2D eigenvalue weighted by molar-refractivity contribution is 1.06. The zero-order valence-corrected chi connectivity index (χ0v) is 8.51. The van der Waals surface area contributed by atoms with Crippen molar-refractivity contribution in [2.24, 2.45) is 0 Å². The zero-order valence-electron chi connectivity index (χ0n) is 6.79. The number of thiol groups is 1. The predicted octanol–water partition coefficient (Wildman–Crippen LogP) is 3.49. The van der Waals surface area contributed by atoms with E-state index in [1.54, 1.807) is 10.8 Å². The van der Waals surface area contributed by atoms with Crippen LogP contribution in [0.4, 0.5) is 0 Å². The standard InChI is InChI=1S/C9H12S2/c1-3-8-6-4-5-7(2)9(8)11-10/h4-6,10H,3H2,1-2H3. The molecule has 0 N–H and O–H groups in total. The average molecular weight is 184 g/mol. The first kappa shape index (κ1) is 9.01. The maximum Gasteiger partial charge on any atom is 0.0241 e. The molecule has 1 aromatic carbocycles. The molecule has 0 saturated heterocycles. The van der Waals surface area contributed by atoms with Gasteiger partial charge in [-0.2, -0.15) is 0 Å². The molecule has 0 saturated carbocycles. The van der Waals surface area contributed by atoms with E-state index in [4.69, 9.17) is 0 Å². The molecule has 1 aromatic rings. The van der Waals surface area contributed by atoms with E-state index in [1.807, 2.05) is 0 Å². The van der Waals surface area contributed by atoms with Crippen LogP contribution in [0.3, 0.4) is 0 Å². The van der Waals surface area contributed by atoms with Crippen molar-refractivity contribution in [1.29, 1.82) is 0 Å². The number of hydrogen-bond donors (Lipinski definition) is 1. The molecule has 0 bridgehead atoms. The Balaban J connectivity index is 3.13. The quantitative estimate of drug-likeness (QED) is 0.542. The number of aryl methyl sites for hydroxylation is 2. The minimum Gasteiger partial charge on any atom is -0.106 e. The summed E-state index contributed by atoms with van der Waals surface area (Å²) in [5.74, 6) is 0. The minimum absolute atomic E-state index is 1.09. The summed E-state index contributed by atoms with van der Waals surface area (Å²) >= 11 is 4.22. The fourth-order valence-electron chi connectivity index (χ4n) is 1.12. The van der Waals surface area contributed by atoms with E-state index in [-0.39, 0.29) is 0 Å². The van der Waals surface area contributed by atoms with Crippen molar-refractivity contribution >= 4 is 22.5 Å². The molecule has 0 fully saturated rings. The van der Waals surface area contributed by atoms with Crippen LogP contribution < -0.4 is 0 Å². The first-order valence-electron chi connectivity index (χ1n) is 3.69.